The molecule has 1 aromatic rings. The van der Waals surface area contributed by atoms with E-state index in [1.54, 1.807) is 17.8 Å². The van der Waals surface area contributed by atoms with Gasteiger partial charge in [0.1, 0.15) is 16.8 Å². The summed E-state index contributed by atoms with van der Waals surface area (Å²) in [5.74, 6) is 0.637. The lowest BCUT2D eigenvalue weighted by Gasteiger charge is -2.13. The third-order valence-corrected chi connectivity index (χ3v) is 4.30. The Kier molecular flexibility index (Phi) is 5.24. The molecule has 0 saturated carbocycles. The summed E-state index contributed by atoms with van der Waals surface area (Å²) in [5.41, 5.74) is 0. The van der Waals surface area contributed by atoms with Crippen molar-refractivity contribution in [3.05, 3.63) is 17.0 Å². The van der Waals surface area contributed by atoms with Gasteiger partial charge >= 0.3 is 0 Å². The van der Waals surface area contributed by atoms with Gasteiger partial charge in [-0.1, -0.05) is 11.6 Å². The number of hydrogen-bond donors (Lipinski definition) is 0. The van der Waals surface area contributed by atoms with Crippen molar-refractivity contribution in [2.24, 2.45) is 0 Å². The highest BCUT2D eigenvalue weighted by Gasteiger charge is 2.25. The molecule has 18 heavy (non-hydrogen) atoms. The zero-order valence-electron chi connectivity index (χ0n) is 10.6. The topological polar surface area (TPSA) is 44.2 Å². The van der Waals surface area contributed by atoms with E-state index in [1.165, 1.54) is 0 Å². The van der Waals surface area contributed by atoms with Crippen molar-refractivity contribution in [2.45, 2.75) is 43.3 Å². The molecule has 0 spiro atoms. The predicted octanol–water partition coefficient (Wildman–Crippen LogP) is 2.94. The Labute approximate surface area is 116 Å². The molecule has 1 aliphatic heterocycles. The maximum Gasteiger partial charge on any atom is 0.156 e. The van der Waals surface area contributed by atoms with Crippen LogP contribution in [0.4, 0.5) is 0 Å². The Morgan fingerprint density at radius 2 is 2.39 bits per heavy atom. The van der Waals surface area contributed by atoms with Crippen molar-refractivity contribution < 1.29 is 9.47 Å². The third-order valence-electron chi connectivity index (χ3n) is 2.73. The molecule has 0 N–H and O–H groups in total. The lowest BCUT2D eigenvalue weighted by atomic mass is 10.3. The molecule has 100 valence electrons. The van der Waals surface area contributed by atoms with Crippen LogP contribution in [-0.4, -0.2) is 34.5 Å². The van der Waals surface area contributed by atoms with E-state index < -0.39 is 0 Å². The highest BCUT2D eigenvalue weighted by molar-refractivity contribution is 7.99. The second kappa shape index (κ2) is 6.70. The van der Waals surface area contributed by atoms with Gasteiger partial charge in [0.2, 0.25) is 0 Å². The third kappa shape index (κ3) is 3.82. The normalized spacial score (nSPS) is 23.5. The van der Waals surface area contributed by atoms with Gasteiger partial charge in [0.15, 0.2) is 5.82 Å². The molecule has 0 radical (unpaired) electrons. The minimum atomic E-state index is 0.263. The molecule has 1 fully saturated rings. The number of thioether (sulfide) groups is 1. The van der Waals surface area contributed by atoms with Crippen molar-refractivity contribution in [1.29, 1.82) is 0 Å². The molecule has 2 rings (SSSR count). The number of halogens is 1. The Bertz CT molecular complexity index is 406. The first kappa shape index (κ1) is 14.1. The standard InChI is InChI=1S/C12H17ClN2O2S/c1-3-16-7-11-14-10(13)6-12(15-11)18-9-4-5-17-8(9)2/h6,8-9H,3-5,7H2,1-2H3. The zero-order chi connectivity index (χ0) is 13.0. The largest absolute Gasteiger partial charge is 0.377 e. The van der Waals surface area contributed by atoms with Gasteiger partial charge in [0.25, 0.3) is 0 Å². The average Bonchev–Trinajstić information content (AvgIpc) is 2.72. The molecule has 0 aliphatic carbocycles. The fraction of sp³-hybridized carbons (Fsp3) is 0.667. The van der Waals surface area contributed by atoms with Crippen molar-refractivity contribution >= 4 is 23.4 Å². The van der Waals surface area contributed by atoms with E-state index in [-0.39, 0.29) is 6.10 Å². The summed E-state index contributed by atoms with van der Waals surface area (Å²) in [6, 6.07) is 1.80. The van der Waals surface area contributed by atoms with Crippen LogP contribution in [0, 0.1) is 0 Å². The Morgan fingerprint density at radius 1 is 1.56 bits per heavy atom. The first-order valence-electron chi connectivity index (χ1n) is 6.08. The van der Waals surface area contributed by atoms with Crippen LogP contribution >= 0.6 is 23.4 Å². The maximum absolute atomic E-state index is 6.00. The number of hydrogen-bond acceptors (Lipinski definition) is 5. The minimum absolute atomic E-state index is 0.263. The molecule has 2 heterocycles. The smallest absolute Gasteiger partial charge is 0.156 e. The van der Waals surface area contributed by atoms with Crippen molar-refractivity contribution in [3.63, 3.8) is 0 Å². The Hall–Kier alpha value is -0.360. The molecule has 1 saturated heterocycles. The lowest BCUT2D eigenvalue weighted by molar-refractivity contribution is 0.127. The van der Waals surface area contributed by atoms with Gasteiger partial charge in [0.05, 0.1) is 6.10 Å². The summed E-state index contributed by atoms with van der Waals surface area (Å²) >= 11 is 7.70. The van der Waals surface area contributed by atoms with E-state index in [0.29, 0.717) is 29.4 Å². The van der Waals surface area contributed by atoms with E-state index in [4.69, 9.17) is 21.1 Å². The highest BCUT2D eigenvalue weighted by Crippen LogP contribution is 2.32. The van der Waals surface area contributed by atoms with Crippen molar-refractivity contribution in [2.75, 3.05) is 13.2 Å². The molecule has 2 unspecified atom stereocenters. The van der Waals surface area contributed by atoms with E-state index >= 15 is 0 Å². The Morgan fingerprint density at radius 3 is 3.06 bits per heavy atom. The molecule has 4 nitrogen and oxygen atoms in total. The van der Waals surface area contributed by atoms with Gasteiger partial charge in [-0.05, 0) is 20.3 Å². The highest BCUT2D eigenvalue weighted by atomic mass is 35.5. The van der Waals surface area contributed by atoms with E-state index in [0.717, 1.165) is 18.1 Å². The fourth-order valence-corrected chi connectivity index (χ4v) is 3.18. The molecule has 0 bridgehead atoms. The van der Waals surface area contributed by atoms with Gasteiger partial charge in [-0.25, -0.2) is 9.97 Å². The monoisotopic (exact) mass is 288 g/mol. The van der Waals surface area contributed by atoms with Gasteiger partial charge < -0.3 is 9.47 Å². The molecule has 1 aliphatic rings. The molecular formula is C12H17ClN2O2S. The first-order valence-corrected chi connectivity index (χ1v) is 7.34. The summed E-state index contributed by atoms with van der Waals surface area (Å²) < 4.78 is 10.8. The minimum Gasteiger partial charge on any atom is -0.377 e. The molecule has 1 aromatic heterocycles. The quantitative estimate of drug-likeness (QED) is 0.780. The SMILES string of the molecule is CCOCc1nc(Cl)cc(SC2CCOC2C)n1. The van der Waals surface area contributed by atoms with Crippen LogP contribution in [0.15, 0.2) is 11.1 Å². The summed E-state index contributed by atoms with van der Waals surface area (Å²) in [5, 5.41) is 1.80. The lowest BCUT2D eigenvalue weighted by Crippen LogP contribution is -2.13. The second-order valence-corrected chi connectivity index (χ2v) is 5.75. The molecule has 0 amide bonds. The van der Waals surface area contributed by atoms with Crippen LogP contribution in [0.2, 0.25) is 5.15 Å². The van der Waals surface area contributed by atoms with Gasteiger partial charge in [-0.2, -0.15) is 0 Å². The first-order chi connectivity index (χ1) is 8.69. The summed E-state index contributed by atoms with van der Waals surface area (Å²) in [4.78, 5) is 8.61. The number of rotatable bonds is 5. The Balaban J connectivity index is 2.05. The zero-order valence-corrected chi connectivity index (χ0v) is 12.1. The van der Waals surface area contributed by atoms with E-state index in [9.17, 15) is 0 Å². The second-order valence-electron chi connectivity index (χ2n) is 4.10. The van der Waals surface area contributed by atoms with Gasteiger partial charge in [-0.3, -0.25) is 0 Å². The average molecular weight is 289 g/mol. The molecule has 0 aromatic carbocycles. The van der Waals surface area contributed by atoms with Crippen LogP contribution in [0.5, 0.6) is 0 Å². The van der Waals surface area contributed by atoms with Crippen LogP contribution in [0.3, 0.4) is 0 Å². The number of aromatic nitrogens is 2. The van der Waals surface area contributed by atoms with Gasteiger partial charge in [-0.15, -0.1) is 11.8 Å². The molecular weight excluding hydrogens is 272 g/mol. The molecule has 2 atom stereocenters. The summed E-state index contributed by atoms with van der Waals surface area (Å²) in [7, 11) is 0. The van der Waals surface area contributed by atoms with E-state index in [1.807, 2.05) is 6.92 Å². The summed E-state index contributed by atoms with van der Waals surface area (Å²) in [6.07, 6.45) is 1.31. The fourth-order valence-electron chi connectivity index (χ4n) is 1.78. The number of nitrogens with zero attached hydrogens (tertiary/aromatic N) is 2. The number of ether oxygens (including phenoxy) is 2. The van der Waals surface area contributed by atoms with E-state index in [2.05, 4.69) is 16.9 Å². The van der Waals surface area contributed by atoms with Crippen LogP contribution in [0.1, 0.15) is 26.1 Å². The summed E-state index contributed by atoms with van der Waals surface area (Å²) in [6.45, 7) is 5.91. The van der Waals surface area contributed by atoms with Crippen LogP contribution < -0.4 is 0 Å². The van der Waals surface area contributed by atoms with Crippen LogP contribution in [0.25, 0.3) is 0 Å². The van der Waals surface area contributed by atoms with Crippen LogP contribution in [-0.2, 0) is 16.1 Å². The van der Waals surface area contributed by atoms with Gasteiger partial charge in [0, 0.05) is 24.5 Å². The molecule has 6 heteroatoms. The van der Waals surface area contributed by atoms with Crippen molar-refractivity contribution in [3.8, 4) is 0 Å². The maximum atomic E-state index is 6.00. The van der Waals surface area contributed by atoms with Crippen molar-refractivity contribution in [1.82, 2.24) is 9.97 Å². The predicted molar refractivity (Wildman–Crippen MR) is 72.0 cm³/mol.